The number of ether oxygens (including phenoxy) is 1. The topological polar surface area (TPSA) is 95.0 Å². The van der Waals surface area contributed by atoms with Crippen LogP contribution in [0.5, 0.6) is 0 Å². The average molecular weight is 396 g/mol. The predicted molar refractivity (Wildman–Crippen MR) is 109 cm³/mol. The first-order valence-corrected chi connectivity index (χ1v) is 9.75. The van der Waals surface area contributed by atoms with E-state index in [9.17, 15) is 14.4 Å². The maximum absolute atomic E-state index is 13.1. The van der Waals surface area contributed by atoms with Gasteiger partial charge in [-0.3, -0.25) is 14.0 Å². The Bertz CT molecular complexity index is 1210. The summed E-state index contributed by atoms with van der Waals surface area (Å²) in [5.74, 6) is -1.08. The summed E-state index contributed by atoms with van der Waals surface area (Å²) in [6, 6.07) is 6.70. The van der Waals surface area contributed by atoms with Crippen molar-refractivity contribution in [3.05, 3.63) is 51.9 Å². The number of pyridine rings is 2. The molecule has 0 radical (unpaired) electrons. The van der Waals surface area contributed by atoms with E-state index in [0.29, 0.717) is 17.8 Å². The van der Waals surface area contributed by atoms with Crippen molar-refractivity contribution in [2.75, 3.05) is 6.61 Å². The van der Waals surface area contributed by atoms with Gasteiger partial charge in [-0.05, 0) is 31.5 Å². The Balaban J connectivity index is 2.47. The van der Waals surface area contributed by atoms with Crippen molar-refractivity contribution in [3.8, 4) is 0 Å². The minimum Gasteiger partial charge on any atom is -0.462 e. The molecule has 0 fully saturated rings. The molecule has 0 spiro atoms. The molecular weight excluding hydrogens is 372 g/mol. The van der Waals surface area contributed by atoms with Crippen LogP contribution in [-0.2, 0) is 16.1 Å². The van der Waals surface area contributed by atoms with Crippen molar-refractivity contribution in [3.63, 3.8) is 0 Å². The highest BCUT2D eigenvalue weighted by atomic mass is 16.5. The molecule has 0 aliphatic carbocycles. The van der Waals surface area contributed by atoms with E-state index < -0.39 is 11.9 Å². The summed E-state index contributed by atoms with van der Waals surface area (Å²) in [4.78, 5) is 46.2. The standard InChI is InChI=1S/C21H24N4O4/c1-4-6-8-12-25-18-15(20(27)24-11-9-7-10-17(24)23-18)13-16(21(28)29-5-2)19(25)22-14(3)26/h7,9-11,13H,4-6,8,12H2,1-3H3. The smallest absolute Gasteiger partial charge is 0.341 e. The van der Waals surface area contributed by atoms with Crippen LogP contribution in [0, 0.1) is 0 Å². The van der Waals surface area contributed by atoms with E-state index in [4.69, 9.17) is 4.74 Å². The maximum atomic E-state index is 13.1. The molecule has 29 heavy (non-hydrogen) atoms. The van der Waals surface area contributed by atoms with Gasteiger partial charge in [0.05, 0.1) is 12.0 Å². The van der Waals surface area contributed by atoms with Crippen LogP contribution in [0.15, 0.2) is 40.2 Å². The van der Waals surface area contributed by atoms with Gasteiger partial charge in [0.1, 0.15) is 16.9 Å². The average Bonchev–Trinajstić information content (AvgIpc) is 2.69. The number of carbonyl (C=O) groups is 2. The van der Waals surface area contributed by atoms with Crippen molar-refractivity contribution in [1.29, 1.82) is 0 Å². The quantitative estimate of drug-likeness (QED) is 0.362. The van der Waals surface area contributed by atoms with Gasteiger partial charge < -0.3 is 9.30 Å². The third kappa shape index (κ3) is 4.11. The number of aryl methyl sites for hydroxylation is 1. The number of hydrogen-bond donors (Lipinski definition) is 0. The van der Waals surface area contributed by atoms with Crippen LogP contribution in [0.4, 0.5) is 0 Å². The Hall–Kier alpha value is -3.29. The number of unbranched alkanes of at least 4 members (excludes halogenated alkanes) is 2. The Labute approximate surface area is 167 Å². The molecule has 152 valence electrons. The lowest BCUT2D eigenvalue weighted by molar-refractivity contribution is -0.116. The van der Waals surface area contributed by atoms with Crippen molar-refractivity contribution < 1.29 is 14.3 Å². The highest BCUT2D eigenvalue weighted by Crippen LogP contribution is 2.12. The zero-order chi connectivity index (χ0) is 21.0. The van der Waals surface area contributed by atoms with E-state index in [1.54, 1.807) is 35.9 Å². The van der Waals surface area contributed by atoms with Crippen LogP contribution in [0.1, 0.15) is 50.4 Å². The van der Waals surface area contributed by atoms with Gasteiger partial charge in [-0.15, -0.1) is 0 Å². The van der Waals surface area contributed by atoms with Gasteiger partial charge in [0.25, 0.3) is 5.56 Å². The minimum atomic E-state index is -0.629. The van der Waals surface area contributed by atoms with Gasteiger partial charge >= 0.3 is 5.97 Å². The molecule has 0 atom stereocenters. The molecule has 8 nitrogen and oxygen atoms in total. The SMILES string of the molecule is CCCCCn1c(=NC(C)=O)c(C(=O)OCC)cc2c(=O)n3ccccc3nc21. The van der Waals surface area contributed by atoms with Gasteiger partial charge in [0, 0.05) is 19.7 Å². The van der Waals surface area contributed by atoms with Crippen molar-refractivity contribution in [1.82, 2.24) is 14.0 Å². The van der Waals surface area contributed by atoms with Crippen molar-refractivity contribution in [2.24, 2.45) is 4.99 Å². The van der Waals surface area contributed by atoms with Crippen LogP contribution >= 0.6 is 0 Å². The summed E-state index contributed by atoms with van der Waals surface area (Å²) >= 11 is 0. The number of carbonyl (C=O) groups excluding carboxylic acids is 2. The van der Waals surface area contributed by atoms with Crippen molar-refractivity contribution >= 4 is 28.6 Å². The third-order valence-electron chi connectivity index (χ3n) is 4.53. The van der Waals surface area contributed by atoms with Crippen LogP contribution < -0.4 is 11.0 Å². The van der Waals surface area contributed by atoms with Gasteiger partial charge in [0.2, 0.25) is 5.91 Å². The molecule has 8 heteroatoms. The fourth-order valence-corrected chi connectivity index (χ4v) is 3.24. The van der Waals surface area contributed by atoms with Crippen LogP contribution in [0.25, 0.3) is 16.7 Å². The second-order valence-corrected chi connectivity index (χ2v) is 6.67. The molecule has 1 amide bonds. The molecule has 0 N–H and O–H groups in total. The summed E-state index contributed by atoms with van der Waals surface area (Å²) < 4.78 is 8.27. The molecular formula is C21H24N4O4. The number of rotatable bonds is 6. The second-order valence-electron chi connectivity index (χ2n) is 6.67. The largest absolute Gasteiger partial charge is 0.462 e. The lowest BCUT2D eigenvalue weighted by Gasteiger charge is -2.15. The highest BCUT2D eigenvalue weighted by Gasteiger charge is 2.19. The van der Waals surface area contributed by atoms with E-state index in [1.807, 2.05) is 0 Å². The first-order chi connectivity index (χ1) is 14.0. The third-order valence-corrected chi connectivity index (χ3v) is 4.53. The zero-order valence-electron chi connectivity index (χ0n) is 16.8. The molecule has 3 aromatic heterocycles. The number of esters is 1. The van der Waals surface area contributed by atoms with Crippen molar-refractivity contribution in [2.45, 2.75) is 46.6 Å². The zero-order valence-corrected chi connectivity index (χ0v) is 16.8. The monoisotopic (exact) mass is 396 g/mol. The van der Waals surface area contributed by atoms with Gasteiger partial charge in [-0.1, -0.05) is 25.8 Å². The lowest BCUT2D eigenvalue weighted by Crippen LogP contribution is -2.32. The second kappa shape index (κ2) is 8.81. The first kappa shape index (κ1) is 20.4. The number of amides is 1. The molecule has 0 saturated heterocycles. The minimum absolute atomic E-state index is 0.0841. The van der Waals surface area contributed by atoms with Gasteiger partial charge in [-0.2, -0.15) is 4.99 Å². The number of fused-ring (bicyclic) bond motifs is 2. The summed E-state index contributed by atoms with van der Waals surface area (Å²) in [5, 5.41) is 0.274. The molecule has 0 aromatic carbocycles. The van der Waals surface area contributed by atoms with E-state index in [-0.39, 0.29) is 28.6 Å². The normalized spacial score (nSPS) is 11.9. The molecule has 3 rings (SSSR count). The molecule has 0 saturated carbocycles. The number of aromatic nitrogens is 3. The Morgan fingerprint density at radius 1 is 1.21 bits per heavy atom. The molecule has 0 aliphatic heterocycles. The van der Waals surface area contributed by atoms with Gasteiger partial charge in [0.15, 0.2) is 5.49 Å². The van der Waals surface area contributed by atoms with Crippen LogP contribution in [0.3, 0.4) is 0 Å². The van der Waals surface area contributed by atoms with Crippen LogP contribution in [0.2, 0.25) is 0 Å². The predicted octanol–water partition coefficient (Wildman–Crippen LogP) is 2.46. The van der Waals surface area contributed by atoms with Gasteiger partial charge in [-0.25, -0.2) is 9.78 Å². The molecule has 3 heterocycles. The summed E-state index contributed by atoms with van der Waals surface area (Å²) in [7, 11) is 0. The van der Waals surface area contributed by atoms with E-state index >= 15 is 0 Å². The maximum Gasteiger partial charge on any atom is 0.341 e. The molecule has 0 bridgehead atoms. The number of hydrogen-bond acceptors (Lipinski definition) is 5. The Morgan fingerprint density at radius 2 is 2.00 bits per heavy atom. The van der Waals surface area contributed by atoms with E-state index in [0.717, 1.165) is 19.3 Å². The summed E-state index contributed by atoms with van der Waals surface area (Å²) in [6.07, 6.45) is 4.36. The summed E-state index contributed by atoms with van der Waals surface area (Å²) in [6.45, 7) is 5.73. The first-order valence-electron chi connectivity index (χ1n) is 9.75. The molecule has 0 unspecified atom stereocenters. The fraction of sp³-hybridized carbons (Fsp3) is 0.381. The Morgan fingerprint density at radius 3 is 2.69 bits per heavy atom. The lowest BCUT2D eigenvalue weighted by atomic mass is 10.2. The van der Waals surface area contributed by atoms with Crippen LogP contribution in [-0.4, -0.2) is 32.4 Å². The molecule has 3 aromatic rings. The molecule has 0 aliphatic rings. The Kier molecular flexibility index (Phi) is 6.21. The van der Waals surface area contributed by atoms with E-state index in [2.05, 4.69) is 16.9 Å². The highest BCUT2D eigenvalue weighted by molar-refractivity contribution is 5.93. The number of nitrogens with zero attached hydrogens (tertiary/aromatic N) is 4. The fourth-order valence-electron chi connectivity index (χ4n) is 3.24. The van der Waals surface area contributed by atoms with E-state index in [1.165, 1.54) is 17.4 Å². The summed E-state index contributed by atoms with van der Waals surface area (Å²) in [5.41, 5.74) is 0.833.